The molecule has 1 aliphatic rings. The van der Waals surface area contributed by atoms with Gasteiger partial charge in [0, 0.05) is 25.4 Å². The van der Waals surface area contributed by atoms with Crippen LogP contribution in [-0.4, -0.2) is 30.8 Å². The van der Waals surface area contributed by atoms with E-state index in [1.807, 2.05) is 26.0 Å². The topological polar surface area (TPSA) is 70.2 Å². The van der Waals surface area contributed by atoms with Crippen molar-refractivity contribution in [3.63, 3.8) is 0 Å². The van der Waals surface area contributed by atoms with Crippen LogP contribution in [0.15, 0.2) is 46.2 Å². The van der Waals surface area contributed by atoms with Gasteiger partial charge in [-0.25, -0.2) is 8.42 Å². The average Bonchev–Trinajstić information content (AvgIpc) is 2.54. The van der Waals surface area contributed by atoms with Gasteiger partial charge in [-0.2, -0.15) is 4.31 Å². The van der Waals surface area contributed by atoms with E-state index in [-0.39, 0.29) is 11.5 Å². The Kier molecular flexibility index (Phi) is 4.60. The molecule has 3 rings (SSSR count). The number of piperidine rings is 1. The van der Waals surface area contributed by atoms with Crippen LogP contribution in [0.2, 0.25) is 0 Å². The van der Waals surface area contributed by atoms with Crippen LogP contribution >= 0.6 is 0 Å². The number of sulfonamides is 1. The van der Waals surface area contributed by atoms with E-state index in [0.29, 0.717) is 18.0 Å². The van der Waals surface area contributed by atoms with Gasteiger partial charge in [0.15, 0.2) is 0 Å². The summed E-state index contributed by atoms with van der Waals surface area (Å²) in [5, 5.41) is 0. The van der Waals surface area contributed by atoms with E-state index in [1.54, 1.807) is 28.7 Å². The van der Waals surface area contributed by atoms with Crippen LogP contribution in [0, 0.1) is 13.8 Å². The predicted molar refractivity (Wildman–Crippen MR) is 93.7 cm³/mol. The van der Waals surface area contributed by atoms with Gasteiger partial charge < -0.3 is 4.98 Å². The van der Waals surface area contributed by atoms with Crippen molar-refractivity contribution < 1.29 is 8.42 Å². The number of hydrogen-bond acceptors (Lipinski definition) is 3. The van der Waals surface area contributed by atoms with Crippen molar-refractivity contribution in [2.24, 2.45) is 0 Å². The van der Waals surface area contributed by atoms with E-state index in [4.69, 9.17) is 0 Å². The number of aryl methyl sites for hydroxylation is 2. The molecule has 24 heavy (non-hydrogen) atoms. The lowest BCUT2D eigenvalue weighted by molar-refractivity contribution is 0.319. The quantitative estimate of drug-likeness (QED) is 0.928. The summed E-state index contributed by atoms with van der Waals surface area (Å²) in [6.45, 7) is 4.77. The van der Waals surface area contributed by atoms with Crippen molar-refractivity contribution in [2.45, 2.75) is 37.5 Å². The molecule has 1 saturated heterocycles. The third-order valence-corrected chi connectivity index (χ3v) is 6.43. The summed E-state index contributed by atoms with van der Waals surface area (Å²) in [7, 11) is -3.46. The number of rotatable bonds is 3. The minimum absolute atomic E-state index is 0.113. The van der Waals surface area contributed by atoms with Crippen LogP contribution in [0.1, 0.15) is 35.4 Å². The largest absolute Gasteiger partial charge is 0.329 e. The molecule has 0 atom stereocenters. The van der Waals surface area contributed by atoms with Gasteiger partial charge in [-0.05, 0) is 67.5 Å². The molecule has 1 N–H and O–H groups in total. The highest BCUT2D eigenvalue weighted by Gasteiger charge is 2.30. The summed E-state index contributed by atoms with van der Waals surface area (Å²) in [6.07, 6.45) is 3.11. The molecule has 128 valence electrons. The molecule has 0 saturated carbocycles. The van der Waals surface area contributed by atoms with Crippen LogP contribution in [0.5, 0.6) is 0 Å². The molecule has 6 heteroatoms. The summed E-state index contributed by atoms with van der Waals surface area (Å²) in [4.78, 5) is 14.4. The van der Waals surface area contributed by atoms with Gasteiger partial charge in [0.25, 0.3) is 0 Å². The van der Waals surface area contributed by atoms with E-state index in [1.165, 1.54) is 0 Å². The molecular weight excluding hydrogens is 324 g/mol. The average molecular weight is 346 g/mol. The highest BCUT2D eigenvalue weighted by molar-refractivity contribution is 7.89. The van der Waals surface area contributed by atoms with Crippen molar-refractivity contribution in [3.8, 4) is 0 Å². The van der Waals surface area contributed by atoms with E-state index >= 15 is 0 Å². The van der Waals surface area contributed by atoms with Crippen molar-refractivity contribution >= 4 is 10.0 Å². The fourth-order valence-corrected chi connectivity index (χ4v) is 5.03. The molecule has 2 heterocycles. The van der Waals surface area contributed by atoms with Gasteiger partial charge in [-0.3, -0.25) is 4.79 Å². The first-order valence-corrected chi connectivity index (χ1v) is 9.57. The third kappa shape index (κ3) is 3.44. The molecule has 0 bridgehead atoms. The summed E-state index contributed by atoms with van der Waals surface area (Å²) in [6, 6.07) is 8.94. The summed E-state index contributed by atoms with van der Waals surface area (Å²) >= 11 is 0. The number of aromatic amines is 1. The Balaban J connectivity index is 1.77. The lowest BCUT2D eigenvalue weighted by Crippen LogP contribution is -2.38. The number of benzene rings is 1. The van der Waals surface area contributed by atoms with Gasteiger partial charge in [0.2, 0.25) is 15.6 Å². The fraction of sp³-hybridized carbons (Fsp3) is 0.389. The minimum atomic E-state index is -3.46. The smallest absolute Gasteiger partial charge is 0.248 e. The van der Waals surface area contributed by atoms with E-state index in [0.717, 1.165) is 29.5 Å². The highest BCUT2D eigenvalue weighted by atomic mass is 32.2. The number of nitrogens with one attached hydrogen (secondary N) is 1. The number of pyridine rings is 1. The zero-order valence-electron chi connectivity index (χ0n) is 14.0. The minimum Gasteiger partial charge on any atom is -0.329 e. The van der Waals surface area contributed by atoms with Gasteiger partial charge in [-0.1, -0.05) is 6.07 Å². The summed E-state index contributed by atoms with van der Waals surface area (Å²) < 4.78 is 27.3. The first-order valence-electron chi connectivity index (χ1n) is 8.13. The Hall–Kier alpha value is -1.92. The zero-order valence-corrected chi connectivity index (χ0v) is 14.8. The Labute approximate surface area is 142 Å². The van der Waals surface area contributed by atoms with Gasteiger partial charge in [0.1, 0.15) is 0 Å². The molecule has 0 amide bonds. The number of H-pyrrole nitrogens is 1. The number of nitrogens with zero attached hydrogens (tertiary/aromatic N) is 1. The van der Waals surface area contributed by atoms with Crippen LogP contribution in [0.3, 0.4) is 0 Å². The van der Waals surface area contributed by atoms with Crippen LogP contribution in [0.25, 0.3) is 0 Å². The maximum absolute atomic E-state index is 12.9. The Morgan fingerprint density at radius 1 is 1.04 bits per heavy atom. The van der Waals surface area contributed by atoms with Crippen molar-refractivity contribution in [3.05, 3.63) is 63.6 Å². The Morgan fingerprint density at radius 3 is 2.25 bits per heavy atom. The molecule has 0 aliphatic carbocycles. The van der Waals surface area contributed by atoms with Gasteiger partial charge in [-0.15, -0.1) is 0 Å². The van der Waals surface area contributed by atoms with Crippen molar-refractivity contribution in [2.75, 3.05) is 13.1 Å². The monoisotopic (exact) mass is 346 g/mol. The summed E-state index contributed by atoms with van der Waals surface area (Å²) in [5.74, 6) is 0.234. The SMILES string of the molecule is Cc1cc(C)cc(S(=O)(=O)N2CCC(c3cc[nH]c(=O)c3)CC2)c1. The molecule has 2 aromatic rings. The highest BCUT2D eigenvalue weighted by Crippen LogP contribution is 2.30. The normalized spacial score (nSPS) is 17.1. The molecule has 0 unspecified atom stereocenters. The fourth-order valence-electron chi connectivity index (χ4n) is 3.38. The second-order valence-electron chi connectivity index (χ2n) is 6.49. The Bertz CT molecular complexity index is 874. The summed E-state index contributed by atoms with van der Waals surface area (Å²) in [5.41, 5.74) is 2.78. The molecule has 1 fully saturated rings. The first kappa shape index (κ1) is 16.9. The molecular formula is C18H22N2O3S. The lowest BCUT2D eigenvalue weighted by Gasteiger charge is -2.31. The third-order valence-electron chi connectivity index (χ3n) is 4.56. The van der Waals surface area contributed by atoms with Crippen LogP contribution < -0.4 is 5.56 Å². The molecule has 1 aliphatic heterocycles. The molecule has 1 aromatic heterocycles. The second-order valence-corrected chi connectivity index (χ2v) is 8.43. The predicted octanol–water partition coefficient (Wildman–Crippen LogP) is 2.56. The zero-order chi connectivity index (χ0) is 17.3. The number of aromatic nitrogens is 1. The standard InChI is InChI=1S/C18H22N2O3S/c1-13-9-14(2)11-17(10-13)24(22,23)20-7-4-15(5-8-20)16-3-6-19-18(21)12-16/h3,6,9-12,15H,4-5,7-8H2,1-2H3,(H,19,21). The maximum atomic E-state index is 12.9. The van der Waals surface area contributed by atoms with Gasteiger partial charge in [0.05, 0.1) is 4.90 Å². The van der Waals surface area contributed by atoms with Crippen molar-refractivity contribution in [1.29, 1.82) is 0 Å². The van der Waals surface area contributed by atoms with Crippen LogP contribution in [-0.2, 0) is 10.0 Å². The van der Waals surface area contributed by atoms with Crippen molar-refractivity contribution in [1.82, 2.24) is 9.29 Å². The molecule has 0 spiro atoms. The molecule has 5 nitrogen and oxygen atoms in total. The molecule has 1 aromatic carbocycles. The maximum Gasteiger partial charge on any atom is 0.248 e. The van der Waals surface area contributed by atoms with Crippen LogP contribution in [0.4, 0.5) is 0 Å². The van der Waals surface area contributed by atoms with E-state index in [9.17, 15) is 13.2 Å². The van der Waals surface area contributed by atoms with Gasteiger partial charge >= 0.3 is 0 Å². The number of hydrogen-bond donors (Lipinski definition) is 1. The Morgan fingerprint density at radius 2 is 1.67 bits per heavy atom. The van der Waals surface area contributed by atoms with E-state index < -0.39 is 10.0 Å². The molecule has 0 radical (unpaired) electrons. The van der Waals surface area contributed by atoms with E-state index in [2.05, 4.69) is 4.98 Å². The second kappa shape index (κ2) is 6.53. The lowest BCUT2D eigenvalue weighted by atomic mass is 9.91. The first-order chi connectivity index (χ1) is 11.4.